The highest BCUT2D eigenvalue weighted by molar-refractivity contribution is 9.10. The van der Waals surface area contributed by atoms with Crippen molar-refractivity contribution in [1.82, 2.24) is 4.98 Å². The summed E-state index contributed by atoms with van der Waals surface area (Å²) in [6, 6.07) is 5.56. The lowest BCUT2D eigenvalue weighted by atomic mass is 10.2. The van der Waals surface area contributed by atoms with E-state index in [1.165, 1.54) is 37.6 Å². The second kappa shape index (κ2) is 5.87. The zero-order valence-electron chi connectivity index (χ0n) is 10.4. The van der Waals surface area contributed by atoms with Gasteiger partial charge in [-0.15, -0.1) is 0 Å². The van der Waals surface area contributed by atoms with E-state index in [1.54, 1.807) is 0 Å². The molecule has 0 bridgehead atoms. The summed E-state index contributed by atoms with van der Waals surface area (Å²) in [5.41, 5.74) is 5.39. The fourth-order valence-corrected chi connectivity index (χ4v) is 1.78. The average Bonchev–Trinajstić information content (AvgIpc) is 2.41. The molecule has 1 heterocycles. The van der Waals surface area contributed by atoms with Gasteiger partial charge in [0.05, 0.1) is 7.11 Å². The van der Waals surface area contributed by atoms with Gasteiger partial charge in [-0.2, -0.15) is 0 Å². The number of nitrogens with zero attached hydrogens (tertiary/aromatic N) is 1. The number of halogens is 2. The van der Waals surface area contributed by atoms with Crippen LogP contribution in [0, 0.1) is 5.82 Å². The van der Waals surface area contributed by atoms with Crippen molar-refractivity contribution in [3.05, 3.63) is 46.3 Å². The van der Waals surface area contributed by atoms with Crippen LogP contribution in [0.5, 0.6) is 17.4 Å². The number of aromatic nitrogens is 1. The van der Waals surface area contributed by atoms with E-state index in [9.17, 15) is 9.18 Å². The predicted molar refractivity (Wildman–Crippen MR) is 73.5 cm³/mol. The lowest BCUT2D eigenvalue weighted by Gasteiger charge is -2.09. The first-order valence-corrected chi connectivity index (χ1v) is 6.26. The smallest absolute Gasteiger partial charge is 0.255 e. The van der Waals surface area contributed by atoms with Gasteiger partial charge in [-0.25, -0.2) is 9.37 Å². The second-order valence-corrected chi connectivity index (χ2v) is 4.72. The maximum Gasteiger partial charge on any atom is 0.255 e. The van der Waals surface area contributed by atoms with Gasteiger partial charge in [-0.1, -0.05) is 0 Å². The summed E-state index contributed by atoms with van der Waals surface area (Å²) in [4.78, 5) is 15.0. The van der Waals surface area contributed by atoms with E-state index >= 15 is 0 Å². The number of carbonyl (C=O) groups is 1. The molecule has 2 N–H and O–H groups in total. The maximum absolute atomic E-state index is 13.6. The first-order chi connectivity index (χ1) is 9.49. The summed E-state index contributed by atoms with van der Waals surface area (Å²) < 4.78 is 24.5. The Balaban J connectivity index is 2.37. The molecule has 1 amide bonds. The molecule has 0 saturated carbocycles. The van der Waals surface area contributed by atoms with Crippen molar-refractivity contribution in [2.75, 3.05) is 7.11 Å². The molecule has 0 radical (unpaired) electrons. The molecule has 0 aliphatic carbocycles. The summed E-state index contributed by atoms with van der Waals surface area (Å²) >= 11 is 3.10. The van der Waals surface area contributed by atoms with Crippen LogP contribution in [0.15, 0.2) is 34.9 Å². The van der Waals surface area contributed by atoms with E-state index in [0.29, 0.717) is 10.2 Å². The Labute approximate surface area is 122 Å². The minimum Gasteiger partial charge on any atom is -0.497 e. The molecule has 104 valence electrons. The minimum absolute atomic E-state index is 0.192. The van der Waals surface area contributed by atoms with Gasteiger partial charge in [0.25, 0.3) is 5.88 Å². The first kappa shape index (κ1) is 14.3. The van der Waals surface area contributed by atoms with Crippen LogP contribution in [0.3, 0.4) is 0 Å². The van der Waals surface area contributed by atoms with Gasteiger partial charge >= 0.3 is 0 Å². The lowest BCUT2D eigenvalue weighted by molar-refractivity contribution is 0.0999. The molecule has 0 unspecified atom stereocenters. The van der Waals surface area contributed by atoms with Gasteiger partial charge in [0.2, 0.25) is 5.91 Å². The molecule has 2 rings (SSSR count). The van der Waals surface area contributed by atoms with E-state index < -0.39 is 11.7 Å². The zero-order valence-corrected chi connectivity index (χ0v) is 12.0. The fraction of sp³-hybridized carbons (Fsp3) is 0.0769. The topological polar surface area (TPSA) is 74.4 Å². The lowest BCUT2D eigenvalue weighted by Crippen LogP contribution is -2.11. The third-order valence-electron chi connectivity index (χ3n) is 2.39. The maximum atomic E-state index is 13.6. The van der Waals surface area contributed by atoms with Gasteiger partial charge < -0.3 is 15.2 Å². The van der Waals surface area contributed by atoms with Crippen LogP contribution in [-0.2, 0) is 0 Å². The summed E-state index contributed by atoms with van der Waals surface area (Å²) in [7, 11) is 1.43. The number of rotatable bonds is 4. The van der Waals surface area contributed by atoms with Crippen LogP contribution in [0.2, 0.25) is 0 Å². The van der Waals surface area contributed by atoms with Crippen molar-refractivity contribution in [3.63, 3.8) is 0 Å². The molecule has 0 aliphatic heterocycles. The number of benzene rings is 1. The minimum atomic E-state index is -0.641. The van der Waals surface area contributed by atoms with Crippen LogP contribution in [0.4, 0.5) is 4.39 Å². The molecule has 7 heteroatoms. The van der Waals surface area contributed by atoms with Gasteiger partial charge in [0.1, 0.15) is 11.5 Å². The molecule has 0 aliphatic rings. The third kappa shape index (κ3) is 3.24. The van der Waals surface area contributed by atoms with Crippen LogP contribution in [0.1, 0.15) is 10.4 Å². The predicted octanol–water partition coefficient (Wildman–Crippen LogP) is 2.88. The van der Waals surface area contributed by atoms with Crippen molar-refractivity contribution in [1.29, 1.82) is 0 Å². The standard InChI is InChI=1S/C13H10BrFN2O3/c1-19-9-2-7(12(16)18)3-10(5-9)20-13-11(15)4-8(14)6-17-13/h2-6H,1H3,(H2,16,18). The monoisotopic (exact) mass is 340 g/mol. The summed E-state index contributed by atoms with van der Waals surface area (Å²) in [5, 5.41) is 0. The molecular formula is C13H10BrFN2O3. The normalized spacial score (nSPS) is 10.2. The van der Waals surface area contributed by atoms with Gasteiger partial charge in [0, 0.05) is 22.3 Å². The van der Waals surface area contributed by atoms with Crippen molar-refractivity contribution < 1.29 is 18.7 Å². The number of pyridine rings is 1. The van der Waals surface area contributed by atoms with E-state index in [-0.39, 0.29) is 17.2 Å². The highest BCUT2D eigenvalue weighted by atomic mass is 79.9. The quantitative estimate of drug-likeness (QED) is 0.928. The Kier molecular flexibility index (Phi) is 4.19. The van der Waals surface area contributed by atoms with E-state index in [2.05, 4.69) is 20.9 Å². The first-order valence-electron chi connectivity index (χ1n) is 5.47. The SMILES string of the molecule is COc1cc(Oc2ncc(Br)cc2F)cc(C(N)=O)c1. The second-order valence-electron chi connectivity index (χ2n) is 3.80. The zero-order chi connectivity index (χ0) is 14.7. The number of amides is 1. The highest BCUT2D eigenvalue weighted by Crippen LogP contribution is 2.28. The largest absolute Gasteiger partial charge is 0.497 e. The third-order valence-corrected chi connectivity index (χ3v) is 2.82. The highest BCUT2D eigenvalue weighted by Gasteiger charge is 2.11. The van der Waals surface area contributed by atoms with Gasteiger partial charge in [-0.3, -0.25) is 4.79 Å². The molecule has 0 fully saturated rings. The van der Waals surface area contributed by atoms with Crippen LogP contribution >= 0.6 is 15.9 Å². The number of methoxy groups -OCH3 is 1. The molecule has 20 heavy (non-hydrogen) atoms. The number of hydrogen-bond donors (Lipinski definition) is 1. The number of carbonyl (C=O) groups excluding carboxylic acids is 1. The van der Waals surface area contributed by atoms with Crippen molar-refractivity contribution >= 4 is 21.8 Å². The number of ether oxygens (including phenoxy) is 2. The molecule has 5 nitrogen and oxygen atoms in total. The molecule has 2 aromatic rings. The van der Waals surface area contributed by atoms with Crippen LogP contribution in [0.25, 0.3) is 0 Å². The van der Waals surface area contributed by atoms with Crippen molar-refractivity contribution in [2.24, 2.45) is 5.73 Å². The van der Waals surface area contributed by atoms with Gasteiger partial charge in [0.15, 0.2) is 5.82 Å². The van der Waals surface area contributed by atoms with E-state index in [1.807, 2.05) is 0 Å². The van der Waals surface area contributed by atoms with Crippen LogP contribution < -0.4 is 15.2 Å². The van der Waals surface area contributed by atoms with Gasteiger partial charge in [-0.05, 0) is 34.1 Å². The molecule has 1 aromatic heterocycles. The number of nitrogens with two attached hydrogens (primary N) is 1. The van der Waals surface area contributed by atoms with Crippen LogP contribution in [-0.4, -0.2) is 18.0 Å². The van der Waals surface area contributed by atoms with Crippen molar-refractivity contribution in [2.45, 2.75) is 0 Å². The Hall–Kier alpha value is -2.15. The molecule has 0 atom stereocenters. The van der Waals surface area contributed by atoms with E-state index in [4.69, 9.17) is 15.2 Å². The molecule has 1 aromatic carbocycles. The number of hydrogen-bond acceptors (Lipinski definition) is 4. The Morgan fingerprint density at radius 2 is 2.00 bits per heavy atom. The number of primary amides is 1. The van der Waals surface area contributed by atoms with E-state index in [0.717, 1.165) is 0 Å². The Morgan fingerprint density at radius 3 is 2.60 bits per heavy atom. The molecule has 0 spiro atoms. The molecule has 0 saturated heterocycles. The summed E-state index contributed by atoms with van der Waals surface area (Å²) in [6.07, 6.45) is 1.40. The Bertz CT molecular complexity index is 664. The molecular weight excluding hydrogens is 331 g/mol. The fourth-order valence-electron chi connectivity index (χ4n) is 1.48. The van der Waals surface area contributed by atoms with Crippen molar-refractivity contribution in [3.8, 4) is 17.4 Å². The summed E-state index contributed by atoms with van der Waals surface area (Å²) in [5.74, 6) is -0.918. The average molecular weight is 341 g/mol. The Morgan fingerprint density at radius 1 is 1.30 bits per heavy atom. The summed E-state index contributed by atoms with van der Waals surface area (Å²) in [6.45, 7) is 0.